The van der Waals surface area contributed by atoms with E-state index in [9.17, 15) is 4.79 Å². The van der Waals surface area contributed by atoms with Gasteiger partial charge in [-0.05, 0) is 17.7 Å². The molecule has 1 atom stereocenters. The number of rotatable bonds is 5. The molecule has 4 nitrogen and oxygen atoms in total. The highest BCUT2D eigenvalue weighted by Gasteiger charge is 2.14. The van der Waals surface area contributed by atoms with E-state index in [2.05, 4.69) is 27.4 Å². The Bertz CT molecular complexity index is 697. The zero-order valence-electron chi connectivity index (χ0n) is 11.3. The molecule has 0 saturated heterocycles. The summed E-state index contributed by atoms with van der Waals surface area (Å²) in [6, 6.07) is 16.0. The van der Waals surface area contributed by atoms with Gasteiger partial charge in [-0.3, -0.25) is 15.1 Å². The average Bonchev–Trinajstić information content (AvgIpc) is 2.95. The van der Waals surface area contributed by atoms with Gasteiger partial charge in [-0.25, -0.2) is 0 Å². The van der Waals surface area contributed by atoms with Crippen LogP contribution in [0.25, 0.3) is 0 Å². The van der Waals surface area contributed by atoms with Crippen LogP contribution in [-0.2, 0) is 6.54 Å². The van der Waals surface area contributed by atoms with Gasteiger partial charge in [-0.15, -0.1) is 0 Å². The van der Waals surface area contributed by atoms with Crippen molar-refractivity contribution in [3.8, 4) is 0 Å². The van der Waals surface area contributed by atoms with E-state index in [1.165, 1.54) is 11.3 Å². The topological polar surface area (TPSA) is 57.8 Å². The molecule has 1 aromatic carbocycles. The first-order valence-electron chi connectivity index (χ1n) is 6.69. The maximum absolute atomic E-state index is 11.2. The number of hydrogen-bond acceptors (Lipinski definition) is 4. The third kappa shape index (κ3) is 3.45. The maximum Gasteiger partial charge on any atom is 0.304 e. The van der Waals surface area contributed by atoms with E-state index >= 15 is 0 Å². The third-order valence-electron chi connectivity index (χ3n) is 3.18. The number of pyridine rings is 1. The molecule has 2 aromatic heterocycles. The normalized spacial score (nSPS) is 12.2. The summed E-state index contributed by atoms with van der Waals surface area (Å²) in [7, 11) is 0. The fourth-order valence-corrected chi connectivity index (χ4v) is 2.78. The van der Waals surface area contributed by atoms with Crippen molar-refractivity contribution in [2.75, 3.05) is 0 Å². The van der Waals surface area contributed by atoms with Crippen molar-refractivity contribution in [1.82, 2.24) is 15.3 Å². The predicted molar refractivity (Wildman–Crippen MR) is 84.3 cm³/mol. The molecular formula is C16H15N3OS. The van der Waals surface area contributed by atoms with E-state index in [-0.39, 0.29) is 10.9 Å². The lowest BCUT2D eigenvalue weighted by Crippen LogP contribution is -2.23. The predicted octanol–water partition coefficient (Wildman–Crippen LogP) is 2.71. The van der Waals surface area contributed by atoms with Gasteiger partial charge in [0.2, 0.25) is 0 Å². The summed E-state index contributed by atoms with van der Waals surface area (Å²) in [5.41, 5.74) is 3.00. The Balaban J connectivity index is 1.84. The molecule has 0 radical (unpaired) electrons. The minimum Gasteiger partial charge on any atom is -0.315 e. The van der Waals surface area contributed by atoms with Gasteiger partial charge < -0.3 is 4.98 Å². The summed E-state index contributed by atoms with van der Waals surface area (Å²) >= 11 is 1.18. The van der Waals surface area contributed by atoms with Crippen molar-refractivity contribution >= 4 is 11.3 Å². The largest absolute Gasteiger partial charge is 0.315 e. The Morgan fingerprint density at radius 3 is 2.62 bits per heavy atom. The zero-order chi connectivity index (χ0) is 14.5. The molecule has 0 aliphatic heterocycles. The van der Waals surface area contributed by atoms with E-state index < -0.39 is 0 Å². The molecule has 0 amide bonds. The van der Waals surface area contributed by atoms with E-state index in [0.717, 1.165) is 17.0 Å². The van der Waals surface area contributed by atoms with Crippen LogP contribution in [0.15, 0.2) is 64.9 Å². The summed E-state index contributed by atoms with van der Waals surface area (Å²) < 4.78 is 0. The van der Waals surface area contributed by atoms with E-state index in [0.29, 0.717) is 6.54 Å². The molecular weight excluding hydrogens is 282 g/mol. The Hall–Kier alpha value is -2.24. The summed E-state index contributed by atoms with van der Waals surface area (Å²) in [5.74, 6) is 0. The van der Waals surface area contributed by atoms with Gasteiger partial charge in [-0.1, -0.05) is 47.7 Å². The molecule has 21 heavy (non-hydrogen) atoms. The molecule has 3 aromatic rings. The second-order valence-electron chi connectivity index (χ2n) is 4.65. The van der Waals surface area contributed by atoms with Crippen molar-refractivity contribution in [1.29, 1.82) is 0 Å². The molecule has 5 heteroatoms. The monoisotopic (exact) mass is 297 g/mol. The van der Waals surface area contributed by atoms with E-state index in [1.807, 2.05) is 41.8 Å². The summed E-state index contributed by atoms with van der Waals surface area (Å²) in [4.78, 5) is 18.4. The number of aromatic amines is 1. The summed E-state index contributed by atoms with van der Waals surface area (Å²) in [6.07, 6.45) is 1.79. The Labute approximate surface area is 126 Å². The quantitative estimate of drug-likeness (QED) is 0.761. The number of H-pyrrole nitrogens is 1. The zero-order valence-corrected chi connectivity index (χ0v) is 12.1. The number of aromatic nitrogens is 2. The van der Waals surface area contributed by atoms with Crippen molar-refractivity contribution in [2.45, 2.75) is 12.6 Å². The van der Waals surface area contributed by atoms with Gasteiger partial charge in [0.15, 0.2) is 0 Å². The van der Waals surface area contributed by atoms with Crippen LogP contribution in [0.2, 0.25) is 0 Å². The van der Waals surface area contributed by atoms with Crippen LogP contribution < -0.4 is 10.2 Å². The van der Waals surface area contributed by atoms with Crippen LogP contribution in [0, 0.1) is 0 Å². The van der Waals surface area contributed by atoms with Crippen molar-refractivity contribution in [2.24, 2.45) is 0 Å². The number of hydrogen-bond donors (Lipinski definition) is 2. The number of benzene rings is 1. The van der Waals surface area contributed by atoms with Gasteiger partial charge in [0.25, 0.3) is 0 Å². The van der Waals surface area contributed by atoms with Crippen LogP contribution in [0.1, 0.15) is 23.0 Å². The first kappa shape index (κ1) is 13.7. The molecule has 1 unspecified atom stereocenters. The fourth-order valence-electron chi connectivity index (χ4n) is 2.20. The summed E-state index contributed by atoms with van der Waals surface area (Å²) in [5, 5.41) is 5.30. The number of nitrogens with zero attached hydrogens (tertiary/aromatic N) is 1. The molecule has 2 heterocycles. The van der Waals surface area contributed by atoms with E-state index in [4.69, 9.17) is 0 Å². The second kappa shape index (κ2) is 6.47. The molecule has 3 rings (SSSR count). The van der Waals surface area contributed by atoms with Gasteiger partial charge in [0, 0.05) is 23.8 Å². The van der Waals surface area contributed by atoms with Crippen molar-refractivity contribution in [3.05, 3.63) is 86.7 Å². The molecule has 0 spiro atoms. The minimum atomic E-state index is -0.0269. The minimum absolute atomic E-state index is 0.00389. The smallest absolute Gasteiger partial charge is 0.304 e. The average molecular weight is 297 g/mol. The SMILES string of the molecule is O=c1[nH]c(CNC(c2ccccc2)c2ccccn2)cs1. The standard InChI is InChI=1S/C16H15N3OS/c20-16-19-13(11-21-16)10-18-15(12-6-2-1-3-7-12)14-8-4-5-9-17-14/h1-9,11,15,18H,10H2,(H,19,20). The van der Waals surface area contributed by atoms with Gasteiger partial charge in [0.1, 0.15) is 0 Å². The molecule has 0 saturated carbocycles. The Morgan fingerprint density at radius 2 is 1.95 bits per heavy atom. The van der Waals surface area contributed by atoms with Crippen LogP contribution in [-0.4, -0.2) is 9.97 Å². The number of thiazole rings is 1. The molecule has 106 valence electrons. The fraction of sp³-hybridized carbons (Fsp3) is 0.125. The van der Waals surface area contributed by atoms with Crippen LogP contribution in [0.4, 0.5) is 0 Å². The first-order valence-corrected chi connectivity index (χ1v) is 7.57. The summed E-state index contributed by atoms with van der Waals surface area (Å²) in [6.45, 7) is 0.592. The first-order chi connectivity index (χ1) is 10.3. The lowest BCUT2D eigenvalue weighted by atomic mass is 10.0. The molecule has 2 N–H and O–H groups in total. The number of nitrogens with one attached hydrogen (secondary N) is 2. The molecule has 0 aliphatic rings. The molecule has 0 aliphatic carbocycles. The molecule has 0 bridgehead atoms. The van der Waals surface area contributed by atoms with Crippen molar-refractivity contribution < 1.29 is 0 Å². The van der Waals surface area contributed by atoms with E-state index in [1.54, 1.807) is 6.20 Å². The van der Waals surface area contributed by atoms with Gasteiger partial charge >= 0.3 is 4.87 Å². The van der Waals surface area contributed by atoms with Crippen LogP contribution in [0.5, 0.6) is 0 Å². The lowest BCUT2D eigenvalue weighted by Gasteiger charge is -2.18. The second-order valence-corrected chi connectivity index (χ2v) is 5.49. The highest BCUT2D eigenvalue weighted by molar-refractivity contribution is 7.07. The van der Waals surface area contributed by atoms with Crippen LogP contribution in [0.3, 0.4) is 0 Å². The lowest BCUT2D eigenvalue weighted by molar-refractivity contribution is 0.585. The Morgan fingerprint density at radius 1 is 1.14 bits per heavy atom. The highest BCUT2D eigenvalue weighted by Crippen LogP contribution is 2.20. The van der Waals surface area contributed by atoms with Gasteiger partial charge in [0.05, 0.1) is 11.7 Å². The van der Waals surface area contributed by atoms with Gasteiger partial charge in [-0.2, -0.15) is 0 Å². The highest BCUT2D eigenvalue weighted by atomic mass is 32.1. The van der Waals surface area contributed by atoms with Crippen molar-refractivity contribution in [3.63, 3.8) is 0 Å². The van der Waals surface area contributed by atoms with Crippen LogP contribution >= 0.6 is 11.3 Å². The third-order valence-corrected chi connectivity index (χ3v) is 3.90. The Kier molecular flexibility index (Phi) is 4.23. The molecule has 0 fully saturated rings. The maximum atomic E-state index is 11.2.